The van der Waals surface area contributed by atoms with E-state index in [0.29, 0.717) is 5.56 Å². The highest BCUT2D eigenvalue weighted by Gasteiger charge is 2.27. The van der Waals surface area contributed by atoms with E-state index in [2.05, 4.69) is 62.4 Å². The van der Waals surface area contributed by atoms with Gasteiger partial charge in [0, 0.05) is 62.0 Å². The average Bonchev–Trinajstić information content (AvgIpc) is 3.33. The number of nitrogens with one attached hydrogen (secondary N) is 3. The van der Waals surface area contributed by atoms with Crippen LogP contribution in [0.15, 0.2) is 73.3 Å². The van der Waals surface area contributed by atoms with Crippen molar-refractivity contribution in [2.24, 2.45) is 7.05 Å². The SMILES string of the molecule is Cn1cc(-c2cnc3c(c2)NC[C@H]([C@H](NCCc2ccc(C#N)cn2)c2ccccc2)N3)cn1. The fourth-order valence-electron chi connectivity index (χ4n) is 4.24. The van der Waals surface area contributed by atoms with Crippen molar-refractivity contribution in [2.45, 2.75) is 18.5 Å². The molecule has 0 saturated carbocycles. The molecule has 4 aromatic rings. The molecule has 1 aromatic carbocycles. The fourth-order valence-corrected chi connectivity index (χ4v) is 4.24. The van der Waals surface area contributed by atoms with E-state index in [9.17, 15) is 0 Å². The number of hydrogen-bond acceptors (Lipinski definition) is 7. The van der Waals surface area contributed by atoms with Crippen molar-refractivity contribution in [1.29, 1.82) is 5.26 Å². The molecule has 0 bridgehead atoms. The summed E-state index contributed by atoms with van der Waals surface area (Å²) in [4.78, 5) is 9.09. The lowest BCUT2D eigenvalue weighted by atomic mass is 9.97. The highest BCUT2D eigenvalue weighted by Crippen LogP contribution is 2.32. The molecule has 0 fully saturated rings. The van der Waals surface area contributed by atoms with E-state index < -0.39 is 0 Å². The van der Waals surface area contributed by atoms with Gasteiger partial charge in [0.05, 0.1) is 29.5 Å². The van der Waals surface area contributed by atoms with E-state index in [1.165, 1.54) is 5.56 Å². The third-order valence-electron chi connectivity index (χ3n) is 6.02. The second kappa shape index (κ2) is 9.73. The third-order valence-corrected chi connectivity index (χ3v) is 6.02. The number of rotatable bonds is 7. The van der Waals surface area contributed by atoms with Gasteiger partial charge in [-0.3, -0.25) is 9.67 Å². The highest BCUT2D eigenvalue weighted by atomic mass is 15.2. The summed E-state index contributed by atoms with van der Waals surface area (Å²) in [5.41, 5.74) is 5.82. The van der Waals surface area contributed by atoms with Gasteiger partial charge in [-0.05, 0) is 23.8 Å². The summed E-state index contributed by atoms with van der Waals surface area (Å²) >= 11 is 0. The first kappa shape index (κ1) is 21.6. The number of benzene rings is 1. The summed E-state index contributed by atoms with van der Waals surface area (Å²) in [6, 6.07) is 18.6. The Balaban J connectivity index is 1.30. The Hall–Kier alpha value is -4.22. The van der Waals surface area contributed by atoms with Crippen molar-refractivity contribution in [3.63, 3.8) is 0 Å². The third kappa shape index (κ3) is 4.75. The van der Waals surface area contributed by atoms with Crippen LogP contribution >= 0.6 is 0 Å². The molecular weight excluding hydrogens is 424 g/mol. The lowest BCUT2D eigenvalue weighted by molar-refractivity contribution is 0.471. The van der Waals surface area contributed by atoms with Crippen LogP contribution in [-0.2, 0) is 13.5 Å². The van der Waals surface area contributed by atoms with E-state index in [0.717, 1.165) is 47.8 Å². The van der Waals surface area contributed by atoms with Crippen molar-refractivity contribution in [2.75, 3.05) is 23.7 Å². The van der Waals surface area contributed by atoms with Crippen molar-refractivity contribution >= 4 is 11.5 Å². The maximum Gasteiger partial charge on any atom is 0.149 e. The smallest absolute Gasteiger partial charge is 0.149 e. The molecule has 2 atom stereocenters. The van der Waals surface area contributed by atoms with Crippen LogP contribution in [-0.4, -0.2) is 38.9 Å². The maximum atomic E-state index is 8.97. The van der Waals surface area contributed by atoms with E-state index in [1.807, 2.05) is 43.8 Å². The van der Waals surface area contributed by atoms with Gasteiger partial charge in [0.1, 0.15) is 11.9 Å². The monoisotopic (exact) mass is 450 g/mol. The molecule has 0 saturated heterocycles. The number of anilines is 2. The summed E-state index contributed by atoms with van der Waals surface area (Å²) in [5.74, 6) is 0.848. The van der Waals surface area contributed by atoms with E-state index in [1.54, 1.807) is 10.9 Å². The first-order valence-corrected chi connectivity index (χ1v) is 11.3. The van der Waals surface area contributed by atoms with Crippen molar-refractivity contribution in [1.82, 2.24) is 25.1 Å². The highest BCUT2D eigenvalue weighted by molar-refractivity contribution is 5.75. The number of pyridine rings is 2. The van der Waals surface area contributed by atoms with Crippen LogP contribution in [0.5, 0.6) is 0 Å². The molecule has 0 spiro atoms. The Kier molecular flexibility index (Phi) is 6.19. The van der Waals surface area contributed by atoms with Crippen LogP contribution in [0.2, 0.25) is 0 Å². The number of fused-ring (bicyclic) bond motifs is 1. The summed E-state index contributed by atoms with van der Waals surface area (Å²) in [6.07, 6.45) is 8.12. The van der Waals surface area contributed by atoms with Crippen LogP contribution in [0.4, 0.5) is 11.5 Å². The normalized spacial score (nSPS) is 15.5. The topological polar surface area (TPSA) is 103 Å². The van der Waals surface area contributed by atoms with Crippen LogP contribution < -0.4 is 16.0 Å². The minimum Gasteiger partial charge on any atom is -0.380 e. The van der Waals surface area contributed by atoms with Crippen LogP contribution in [0.3, 0.4) is 0 Å². The number of aromatic nitrogens is 4. The molecule has 0 aliphatic carbocycles. The zero-order chi connectivity index (χ0) is 23.3. The fraction of sp³-hybridized carbons (Fsp3) is 0.231. The van der Waals surface area contributed by atoms with E-state index >= 15 is 0 Å². The predicted molar refractivity (Wildman–Crippen MR) is 132 cm³/mol. The summed E-state index contributed by atoms with van der Waals surface area (Å²) in [5, 5.41) is 24.1. The maximum absolute atomic E-state index is 8.97. The molecule has 8 heteroatoms. The second-order valence-corrected chi connectivity index (χ2v) is 8.40. The molecule has 0 radical (unpaired) electrons. The summed E-state index contributed by atoms with van der Waals surface area (Å²) in [6.45, 7) is 1.52. The Morgan fingerprint density at radius 2 is 2.00 bits per heavy atom. The first-order valence-electron chi connectivity index (χ1n) is 11.3. The summed E-state index contributed by atoms with van der Waals surface area (Å²) < 4.78 is 1.79. The van der Waals surface area contributed by atoms with Gasteiger partial charge in [-0.25, -0.2) is 4.98 Å². The Morgan fingerprint density at radius 3 is 2.74 bits per heavy atom. The van der Waals surface area contributed by atoms with Gasteiger partial charge in [-0.15, -0.1) is 0 Å². The van der Waals surface area contributed by atoms with Gasteiger partial charge in [-0.1, -0.05) is 30.3 Å². The van der Waals surface area contributed by atoms with Crippen LogP contribution in [0, 0.1) is 11.3 Å². The molecule has 3 N–H and O–H groups in total. The van der Waals surface area contributed by atoms with Gasteiger partial charge in [0.15, 0.2) is 0 Å². The lowest BCUT2D eigenvalue weighted by Crippen LogP contribution is -2.44. The number of nitrogens with zero attached hydrogens (tertiary/aromatic N) is 5. The van der Waals surface area contributed by atoms with Crippen LogP contribution in [0.1, 0.15) is 22.9 Å². The average molecular weight is 451 g/mol. The first-order chi connectivity index (χ1) is 16.7. The van der Waals surface area contributed by atoms with Crippen molar-refractivity contribution in [3.8, 4) is 17.2 Å². The molecule has 1 aliphatic heterocycles. The number of nitriles is 1. The number of aryl methyl sites for hydroxylation is 1. The predicted octanol–water partition coefficient (Wildman–Crippen LogP) is 3.53. The second-order valence-electron chi connectivity index (χ2n) is 8.40. The van der Waals surface area contributed by atoms with Gasteiger partial charge < -0.3 is 16.0 Å². The molecule has 4 heterocycles. The summed E-state index contributed by atoms with van der Waals surface area (Å²) in [7, 11) is 1.91. The minimum absolute atomic E-state index is 0.0834. The standard InChI is InChI=1S/C26H26N8/c1-34-17-21(15-32-34)20-11-23-26(31-14-20)33-24(16-30-23)25(19-5-3-2-4-6-19)28-10-9-22-8-7-18(12-27)13-29-22/h2-8,11,13-15,17,24-25,28,30H,9-10,16H2,1H3,(H,31,33)/t24-,25-/m1/s1. The zero-order valence-corrected chi connectivity index (χ0v) is 18.9. The van der Waals surface area contributed by atoms with E-state index in [-0.39, 0.29) is 12.1 Å². The molecule has 0 amide bonds. The van der Waals surface area contributed by atoms with Gasteiger partial charge in [-0.2, -0.15) is 10.4 Å². The molecule has 8 nitrogen and oxygen atoms in total. The van der Waals surface area contributed by atoms with Crippen molar-refractivity contribution in [3.05, 3.63) is 90.1 Å². The molecule has 3 aromatic heterocycles. The minimum atomic E-state index is 0.0834. The van der Waals surface area contributed by atoms with E-state index in [4.69, 9.17) is 10.2 Å². The molecular formula is C26H26N8. The number of hydrogen-bond donors (Lipinski definition) is 3. The molecule has 1 aliphatic rings. The molecule has 5 rings (SSSR count). The van der Waals surface area contributed by atoms with Gasteiger partial charge in [0.2, 0.25) is 0 Å². The quantitative estimate of drug-likeness (QED) is 0.396. The largest absolute Gasteiger partial charge is 0.380 e. The Bertz CT molecular complexity index is 1290. The zero-order valence-electron chi connectivity index (χ0n) is 18.9. The molecule has 0 unspecified atom stereocenters. The molecule has 170 valence electrons. The van der Waals surface area contributed by atoms with Crippen LogP contribution in [0.25, 0.3) is 11.1 Å². The molecule has 34 heavy (non-hydrogen) atoms. The van der Waals surface area contributed by atoms with Gasteiger partial charge >= 0.3 is 0 Å². The van der Waals surface area contributed by atoms with Crippen molar-refractivity contribution < 1.29 is 0 Å². The van der Waals surface area contributed by atoms with Gasteiger partial charge in [0.25, 0.3) is 0 Å². The Labute approximate surface area is 198 Å². The lowest BCUT2D eigenvalue weighted by Gasteiger charge is -2.34. The Morgan fingerprint density at radius 1 is 1.12 bits per heavy atom.